The summed E-state index contributed by atoms with van der Waals surface area (Å²) in [4.78, 5) is 2.50. The Morgan fingerprint density at radius 3 is 2.44 bits per heavy atom. The number of alkyl halides is 3. The van der Waals surface area contributed by atoms with Crippen LogP contribution in [-0.4, -0.2) is 54.0 Å². The molecule has 2 aliphatic heterocycles. The lowest BCUT2D eigenvalue weighted by atomic mass is 10.00. The Kier molecular flexibility index (Phi) is 6.50. The molecule has 34 heavy (non-hydrogen) atoms. The molecule has 5 nitrogen and oxygen atoms in total. The van der Waals surface area contributed by atoms with E-state index in [9.17, 15) is 17.6 Å². The lowest BCUT2D eigenvalue weighted by Crippen LogP contribution is -2.32. The van der Waals surface area contributed by atoms with Gasteiger partial charge in [-0.05, 0) is 74.1 Å². The summed E-state index contributed by atoms with van der Waals surface area (Å²) in [5.74, 6) is 0.501. The summed E-state index contributed by atoms with van der Waals surface area (Å²) in [6.07, 6.45) is -1.33. The number of likely N-dealkylation sites (tertiary alicyclic amines) is 1. The van der Waals surface area contributed by atoms with Gasteiger partial charge < -0.3 is 14.4 Å². The molecule has 3 aliphatic rings. The van der Waals surface area contributed by atoms with Gasteiger partial charge in [-0.3, -0.25) is 0 Å². The molecule has 1 unspecified atom stereocenters. The highest BCUT2D eigenvalue weighted by molar-refractivity contribution is 5.64. The maximum absolute atomic E-state index is 13.9. The Morgan fingerprint density at radius 1 is 1.06 bits per heavy atom. The first kappa shape index (κ1) is 23.5. The number of aryl methyl sites for hydroxylation is 1. The molecule has 1 aromatic carbocycles. The highest BCUT2D eigenvalue weighted by atomic mass is 19.4. The molecule has 0 N–H and O–H groups in total. The predicted molar refractivity (Wildman–Crippen MR) is 118 cm³/mol. The van der Waals surface area contributed by atoms with Crippen LogP contribution in [0.5, 0.6) is 5.88 Å². The molecule has 0 radical (unpaired) electrons. The molecule has 1 aromatic heterocycles. The summed E-state index contributed by atoms with van der Waals surface area (Å²) in [5, 5.41) is 7.76. The van der Waals surface area contributed by atoms with Gasteiger partial charge in [-0.2, -0.15) is 13.2 Å². The quantitative estimate of drug-likeness (QED) is 0.557. The Bertz CT molecular complexity index is 1010. The SMILES string of the molecule is Cc1ccc(F)cc1-c1cc(C(F)(F)F)c(OC2C[C@@H]3CN(CC4CCOCC4)C[C@@H]3C2)nn1. The maximum Gasteiger partial charge on any atom is 0.421 e. The second-order valence-electron chi connectivity index (χ2n) is 9.91. The third kappa shape index (κ3) is 5.05. The van der Waals surface area contributed by atoms with Crippen LogP contribution < -0.4 is 4.74 Å². The molecule has 0 bridgehead atoms. The van der Waals surface area contributed by atoms with Crippen molar-refractivity contribution in [2.75, 3.05) is 32.8 Å². The Morgan fingerprint density at radius 2 is 1.76 bits per heavy atom. The first-order valence-electron chi connectivity index (χ1n) is 11.9. The van der Waals surface area contributed by atoms with Gasteiger partial charge in [0.15, 0.2) is 0 Å². The number of hydrogen-bond acceptors (Lipinski definition) is 5. The highest BCUT2D eigenvalue weighted by Crippen LogP contribution is 2.42. The predicted octanol–water partition coefficient (Wildman–Crippen LogP) is 5.13. The van der Waals surface area contributed by atoms with Crippen molar-refractivity contribution in [3.8, 4) is 17.1 Å². The summed E-state index contributed by atoms with van der Waals surface area (Å²) in [6, 6.07) is 4.85. The van der Waals surface area contributed by atoms with Crippen molar-refractivity contribution < 1.29 is 27.0 Å². The third-order valence-corrected chi connectivity index (χ3v) is 7.46. The minimum atomic E-state index is -4.66. The molecular weight excluding hydrogens is 450 g/mol. The normalized spacial score (nSPS) is 26.1. The molecule has 3 atom stereocenters. The molecular formula is C25H29F4N3O2. The number of hydrogen-bond donors (Lipinski definition) is 0. The van der Waals surface area contributed by atoms with Gasteiger partial charge in [0.1, 0.15) is 17.5 Å². The highest BCUT2D eigenvalue weighted by Gasteiger charge is 2.44. The largest absolute Gasteiger partial charge is 0.473 e. The summed E-state index contributed by atoms with van der Waals surface area (Å²) in [5.41, 5.74) is -0.0981. The zero-order valence-corrected chi connectivity index (χ0v) is 19.2. The standard InChI is InChI=1S/C25H29F4N3O2/c1-15-2-3-19(26)10-21(15)23-11-22(25(27,28)29)24(31-30-23)34-20-8-17-13-32(14-18(17)9-20)12-16-4-6-33-7-5-16/h2-3,10-11,16-18,20H,4-9,12-14H2,1H3/t17-,18+,20?. The molecule has 1 aliphatic carbocycles. The van der Waals surface area contributed by atoms with Gasteiger partial charge >= 0.3 is 6.18 Å². The first-order chi connectivity index (χ1) is 16.3. The van der Waals surface area contributed by atoms with Gasteiger partial charge in [0.25, 0.3) is 0 Å². The number of rotatable bonds is 5. The van der Waals surface area contributed by atoms with Gasteiger partial charge in [0, 0.05) is 38.4 Å². The van der Waals surface area contributed by atoms with E-state index >= 15 is 0 Å². The summed E-state index contributed by atoms with van der Waals surface area (Å²) in [6.45, 7) is 6.38. The minimum Gasteiger partial charge on any atom is -0.473 e. The fourth-order valence-corrected chi connectivity index (χ4v) is 5.71. The fourth-order valence-electron chi connectivity index (χ4n) is 5.71. The third-order valence-electron chi connectivity index (χ3n) is 7.46. The van der Waals surface area contributed by atoms with Gasteiger partial charge in [-0.25, -0.2) is 4.39 Å². The van der Waals surface area contributed by atoms with Crippen molar-refractivity contribution in [3.05, 3.63) is 41.2 Å². The van der Waals surface area contributed by atoms with E-state index < -0.39 is 23.4 Å². The van der Waals surface area contributed by atoms with Crippen LogP contribution in [-0.2, 0) is 10.9 Å². The molecule has 2 aromatic rings. The number of halogens is 4. The number of fused-ring (bicyclic) bond motifs is 1. The molecule has 2 saturated heterocycles. The summed E-state index contributed by atoms with van der Waals surface area (Å²) in [7, 11) is 0. The van der Waals surface area contributed by atoms with Gasteiger partial charge in [-0.1, -0.05) is 6.07 Å². The van der Waals surface area contributed by atoms with Crippen LogP contribution >= 0.6 is 0 Å². The maximum atomic E-state index is 13.9. The second-order valence-corrected chi connectivity index (χ2v) is 9.91. The van der Waals surface area contributed by atoms with E-state index in [0.717, 1.165) is 64.6 Å². The second kappa shape index (κ2) is 9.41. The van der Waals surface area contributed by atoms with Crippen molar-refractivity contribution in [1.29, 1.82) is 0 Å². The lowest BCUT2D eigenvalue weighted by molar-refractivity contribution is -0.139. The molecule has 9 heteroatoms. The van der Waals surface area contributed by atoms with Gasteiger partial charge in [-0.15, -0.1) is 10.2 Å². The van der Waals surface area contributed by atoms with Gasteiger partial charge in [0.05, 0.1) is 5.69 Å². The van der Waals surface area contributed by atoms with E-state index in [1.165, 1.54) is 18.2 Å². The topological polar surface area (TPSA) is 47.5 Å². The minimum absolute atomic E-state index is 0.0243. The zero-order valence-electron chi connectivity index (χ0n) is 19.2. The van der Waals surface area contributed by atoms with Crippen molar-refractivity contribution in [3.63, 3.8) is 0 Å². The van der Waals surface area contributed by atoms with Gasteiger partial charge in [0.2, 0.25) is 5.88 Å². The van der Waals surface area contributed by atoms with E-state index in [-0.39, 0.29) is 17.4 Å². The number of aromatic nitrogens is 2. The van der Waals surface area contributed by atoms with Crippen LogP contribution in [0.2, 0.25) is 0 Å². The molecule has 5 rings (SSSR count). The Hall–Kier alpha value is -2.26. The molecule has 184 valence electrons. The van der Waals surface area contributed by atoms with Crippen LogP contribution in [0.25, 0.3) is 11.3 Å². The van der Waals surface area contributed by atoms with E-state index in [1.54, 1.807) is 6.92 Å². The number of benzene rings is 1. The van der Waals surface area contributed by atoms with Crippen LogP contribution in [0.3, 0.4) is 0 Å². The van der Waals surface area contributed by atoms with Crippen LogP contribution in [0, 0.1) is 30.5 Å². The Labute approximate surface area is 196 Å². The molecule has 1 saturated carbocycles. The van der Waals surface area contributed by atoms with Crippen LogP contribution in [0.4, 0.5) is 17.6 Å². The van der Waals surface area contributed by atoms with E-state index in [1.807, 2.05) is 0 Å². The van der Waals surface area contributed by atoms with Crippen molar-refractivity contribution in [2.24, 2.45) is 17.8 Å². The molecule has 0 amide bonds. The van der Waals surface area contributed by atoms with Crippen molar-refractivity contribution >= 4 is 0 Å². The smallest absolute Gasteiger partial charge is 0.421 e. The van der Waals surface area contributed by atoms with Crippen molar-refractivity contribution in [1.82, 2.24) is 15.1 Å². The first-order valence-corrected chi connectivity index (χ1v) is 11.9. The lowest BCUT2D eigenvalue weighted by Gasteiger charge is -2.27. The average molecular weight is 480 g/mol. The number of ether oxygens (including phenoxy) is 2. The van der Waals surface area contributed by atoms with E-state index in [0.29, 0.717) is 23.3 Å². The average Bonchev–Trinajstić information content (AvgIpc) is 3.33. The number of nitrogens with zero attached hydrogens (tertiary/aromatic N) is 3. The fraction of sp³-hybridized carbons (Fsp3) is 0.600. The molecule has 0 spiro atoms. The van der Waals surface area contributed by atoms with Crippen molar-refractivity contribution in [2.45, 2.75) is 44.9 Å². The van der Waals surface area contributed by atoms with E-state index in [2.05, 4.69) is 15.1 Å². The molecule has 3 heterocycles. The monoisotopic (exact) mass is 479 g/mol. The van der Waals surface area contributed by atoms with E-state index in [4.69, 9.17) is 9.47 Å². The van der Waals surface area contributed by atoms with Crippen LogP contribution in [0.15, 0.2) is 24.3 Å². The molecule has 3 fully saturated rings. The summed E-state index contributed by atoms with van der Waals surface area (Å²) >= 11 is 0. The van der Waals surface area contributed by atoms with Crippen LogP contribution in [0.1, 0.15) is 36.8 Å². The summed E-state index contributed by atoms with van der Waals surface area (Å²) < 4.78 is 66.5. The Balaban J connectivity index is 1.26. The zero-order chi connectivity index (χ0) is 23.9.